The first-order valence-corrected chi connectivity index (χ1v) is 12.2. The fourth-order valence-corrected chi connectivity index (χ4v) is 5.36. The zero-order valence-corrected chi connectivity index (χ0v) is 19.2. The molecule has 4 aromatic rings. The molecule has 4 rings (SSSR count). The molecule has 1 heterocycles. The van der Waals surface area contributed by atoms with E-state index in [1.54, 1.807) is 42.0 Å². The minimum absolute atomic E-state index is 0.137. The van der Waals surface area contributed by atoms with Crippen molar-refractivity contribution in [3.63, 3.8) is 0 Å². The lowest BCUT2D eigenvalue weighted by atomic mass is 10.2. The molecule has 1 amide bonds. The van der Waals surface area contributed by atoms with E-state index >= 15 is 0 Å². The molecule has 0 atom stereocenters. The Labute approximate surface area is 193 Å². The Morgan fingerprint density at radius 1 is 1.06 bits per heavy atom. The Morgan fingerprint density at radius 2 is 1.79 bits per heavy atom. The molecule has 0 unspecified atom stereocenters. The highest BCUT2D eigenvalue weighted by Gasteiger charge is 2.15. The number of methoxy groups -OCH3 is 1. The first-order chi connectivity index (χ1) is 15.9. The summed E-state index contributed by atoms with van der Waals surface area (Å²) in [6.07, 6.45) is 0. The fraction of sp³-hybridized carbons (Fsp3) is 0.130. The van der Waals surface area contributed by atoms with Crippen LogP contribution in [0.4, 0.5) is 10.1 Å². The summed E-state index contributed by atoms with van der Waals surface area (Å²) < 4.78 is 49.2. The second-order valence-electron chi connectivity index (χ2n) is 7.03. The van der Waals surface area contributed by atoms with Gasteiger partial charge in [-0.1, -0.05) is 35.6 Å². The van der Waals surface area contributed by atoms with Crippen LogP contribution in [0.15, 0.2) is 82.7 Å². The third-order valence-corrected chi connectivity index (χ3v) is 7.25. The number of carbonyl (C=O) groups is 1. The predicted molar refractivity (Wildman–Crippen MR) is 125 cm³/mol. The van der Waals surface area contributed by atoms with Gasteiger partial charge in [-0.15, -0.1) is 0 Å². The lowest BCUT2D eigenvalue weighted by Crippen LogP contribution is -2.20. The zero-order chi connectivity index (χ0) is 23.4. The van der Waals surface area contributed by atoms with E-state index in [9.17, 15) is 17.6 Å². The number of carbonyl (C=O) groups excluding carboxylic acids is 1. The number of sulfonamides is 1. The summed E-state index contributed by atoms with van der Waals surface area (Å²) in [6.45, 7) is 0.668. The number of hydrogen-bond acceptors (Lipinski definition) is 5. The summed E-state index contributed by atoms with van der Waals surface area (Å²) in [6, 6.07) is 18.7. The van der Waals surface area contributed by atoms with Crippen molar-refractivity contribution in [1.29, 1.82) is 0 Å². The van der Waals surface area contributed by atoms with Crippen molar-refractivity contribution in [1.82, 2.24) is 4.57 Å². The molecule has 33 heavy (non-hydrogen) atoms. The van der Waals surface area contributed by atoms with E-state index in [0.717, 1.165) is 0 Å². The highest BCUT2D eigenvalue weighted by molar-refractivity contribution is 7.92. The number of hydrogen-bond donors (Lipinski definition) is 1. The number of nitrogens with zero attached hydrogens (tertiary/aromatic N) is 2. The Bertz CT molecular complexity index is 1460. The molecule has 170 valence electrons. The number of rotatable bonds is 7. The van der Waals surface area contributed by atoms with Gasteiger partial charge in [-0.3, -0.25) is 9.52 Å². The van der Waals surface area contributed by atoms with Crippen molar-refractivity contribution in [2.24, 2.45) is 4.99 Å². The number of aromatic nitrogens is 1. The lowest BCUT2D eigenvalue weighted by molar-refractivity contribution is 0.0997. The Morgan fingerprint density at radius 3 is 2.48 bits per heavy atom. The molecule has 0 bridgehead atoms. The Balaban J connectivity index is 1.62. The van der Waals surface area contributed by atoms with Crippen molar-refractivity contribution in [3.05, 3.63) is 89.0 Å². The van der Waals surface area contributed by atoms with Gasteiger partial charge < -0.3 is 9.30 Å². The van der Waals surface area contributed by atoms with Gasteiger partial charge in [-0.2, -0.15) is 4.99 Å². The molecule has 1 aromatic heterocycles. The SMILES string of the molecule is COCCn1c(=NC(=O)c2ccc(NS(=O)(=O)c3ccccc3)cc2)sc2cccc(F)c21. The molecule has 0 saturated carbocycles. The van der Waals surface area contributed by atoms with Crippen LogP contribution in [-0.4, -0.2) is 32.6 Å². The first-order valence-electron chi connectivity index (χ1n) is 9.93. The van der Waals surface area contributed by atoms with E-state index in [0.29, 0.717) is 33.9 Å². The van der Waals surface area contributed by atoms with Crippen molar-refractivity contribution in [2.45, 2.75) is 11.4 Å². The molecule has 0 saturated heterocycles. The average Bonchev–Trinajstić information content (AvgIpc) is 3.16. The van der Waals surface area contributed by atoms with Gasteiger partial charge in [0.2, 0.25) is 0 Å². The molecule has 0 radical (unpaired) electrons. The molecule has 0 aliphatic rings. The van der Waals surface area contributed by atoms with E-state index in [-0.39, 0.29) is 10.5 Å². The highest BCUT2D eigenvalue weighted by Crippen LogP contribution is 2.21. The smallest absolute Gasteiger partial charge is 0.279 e. The van der Waals surface area contributed by atoms with Crippen molar-refractivity contribution < 1.29 is 22.3 Å². The number of benzene rings is 3. The van der Waals surface area contributed by atoms with Crippen molar-refractivity contribution >= 4 is 43.2 Å². The molecule has 1 N–H and O–H groups in total. The van der Waals surface area contributed by atoms with Crippen LogP contribution in [0, 0.1) is 5.82 Å². The maximum Gasteiger partial charge on any atom is 0.279 e. The largest absolute Gasteiger partial charge is 0.383 e. The van der Waals surface area contributed by atoms with Crippen molar-refractivity contribution in [2.75, 3.05) is 18.4 Å². The van der Waals surface area contributed by atoms with Crippen LogP contribution in [-0.2, 0) is 21.3 Å². The van der Waals surface area contributed by atoms with Crippen molar-refractivity contribution in [3.8, 4) is 0 Å². The molecule has 0 fully saturated rings. The molecular formula is C23H20FN3O4S2. The lowest BCUT2D eigenvalue weighted by Gasteiger charge is -2.08. The maximum absolute atomic E-state index is 14.4. The number of ether oxygens (including phenoxy) is 1. The quantitative estimate of drug-likeness (QED) is 0.428. The predicted octanol–water partition coefficient (Wildman–Crippen LogP) is 4.03. The summed E-state index contributed by atoms with van der Waals surface area (Å²) >= 11 is 1.21. The van der Waals surface area contributed by atoms with Gasteiger partial charge in [0.05, 0.1) is 21.7 Å². The number of fused-ring (bicyclic) bond motifs is 1. The first kappa shape index (κ1) is 22.8. The summed E-state index contributed by atoms with van der Waals surface area (Å²) in [5.41, 5.74) is 0.958. The van der Waals surface area contributed by atoms with Gasteiger partial charge in [0.1, 0.15) is 5.82 Å². The normalized spacial score (nSPS) is 12.2. The summed E-state index contributed by atoms with van der Waals surface area (Å²) in [5, 5.41) is 0. The summed E-state index contributed by atoms with van der Waals surface area (Å²) in [7, 11) is -2.19. The van der Waals surface area contributed by atoms with Gasteiger partial charge in [0.25, 0.3) is 15.9 Å². The molecular weight excluding hydrogens is 465 g/mol. The average molecular weight is 486 g/mol. The second-order valence-corrected chi connectivity index (χ2v) is 9.72. The highest BCUT2D eigenvalue weighted by atomic mass is 32.2. The molecule has 0 aliphatic heterocycles. The monoisotopic (exact) mass is 485 g/mol. The minimum atomic E-state index is -3.74. The number of para-hydroxylation sites is 1. The van der Waals surface area contributed by atoms with E-state index in [4.69, 9.17) is 4.74 Å². The third-order valence-electron chi connectivity index (χ3n) is 4.81. The van der Waals surface area contributed by atoms with Gasteiger partial charge in [-0.05, 0) is 48.5 Å². The van der Waals surface area contributed by atoms with Crippen LogP contribution in [0.3, 0.4) is 0 Å². The zero-order valence-electron chi connectivity index (χ0n) is 17.6. The molecule has 0 aliphatic carbocycles. The van der Waals surface area contributed by atoms with E-state index in [2.05, 4.69) is 9.71 Å². The maximum atomic E-state index is 14.4. The van der Waals surface area contributed by atoms with Crippen LogP contribution in [0.2, 0.25) is 0 Å². The van der Waals surface area contributed by atoms with Gasteiger partial charge in [0, 0.05) is 24.9 Å². The second kappa shape index (κ2) is 9.65. The Hall–Kier alpha value is -3.34. The van der Waals surface area contributed by atoms with Gasteiger partial charge in [-0.25, -0.2) is 12.8 Å². The van der Waals surface area contributed by atoms with Crippen LogP contribution in [0.5, 0.6) is 0 Å². The standard InChI is InChI=1S/C23H20FN3O4S2/c1-31-15-14-27-21-19(24)8-5-9-20(21)32-23(27)25-22(28)16-10-12-17(13-11-16)26-33(29,30)18-6-3-2-4-7-18/h2-13,26H,14-15H2,1H3. The number of anilines is 1. The number of nitrogens with one attached hydrogen (secondary N) is 1. The van der Waals surface area contributed by atoms with E-state index < -0.39 is 21.7 Å². The minimum Gasteiger partial charge on any atom is -0.383 e. The van der Waals surface area contributed by atoms with Crippen LogP contribution in [0.25, 0.3) is 10.2 Å². The number of halogens is 1. The van der Waals surface area contributed by atoms with Crippen LogP contribution < -0.4 is 9.52 Å². The summed E-state index contributed by atoms with van der Waals surface area (Å²) in [5.74, 6) is -0.922. The third kappa shape index (κ3) is 5.03. The fourth-order valence-electron chi connectivity index (χ4n) is 3.21. The van der Waals surface area contributed by atoms with Crippen LogP contribution in [0.1, 0.15) is 10.4 Å². The van der Waals surface area contributed by atoms with Gasteiger partial charge in [0.15, 0.2) is 4.80 Å². The van der Waals surface area contributed by atoms with Crippen LogP contribution >= 0.6 is 11.3 Å². The summed E-state index contributed by atoms with van der Waals surface area (Å²) in [4.78, 5) is 17.5. The number of thiazole rings is 1. The topological polar surface area (TPSA) is 89.8 Å². The Kier molecular flexibility index (Phi) is 6.68. The molecule has 10 heteroatoms. The molecule has 7 nitrogen and oxygen atoms in total. The van der Waals surface area contributed by atoms with Gasteiger partial charge >= 0.3 is 0 Å². The van der Waals surface area contributed by atoms with E-state index in [1.165, 1.54) is 53.8 Å². The number of amides is 1. The van der Waals surface area contributed by atoms with E-state index in [1.807, 2.05) is 0 Å². The molecule has 0 spiro atoms. The molecule has 3 aromatic carbocycles.